The van der Waals surface area contributed by atoms with Crippen molar-refractivity contribution in [2.45, 2.75) is 64.9 Å². The van der Waals surface area contributed by atoms with Crippen LogP contribution in [0.2, 0.25) is 0 Å². The molecule has 0 saturated heterocycles. The predicted molar refractivity (Wildman–Crippen MR) is 60.2 cm³/mol. The maximum atomic E-state index is 10.4. The summed E-state index contributed by atoms with van der Waals surface area (Å²) in [7, 11) is 0. The van der Waals surface area contributed by atoms with Crippen LogP contribution in [0.4, 0.5) is 0 Å². The third kappa shape index (κ3) is 3.97. The molecule has 0 amide bonds. The Hall–Kier alpha value is -0.0800. The van der Waals surface area contributed by atoms with Gasteiger partial charge in [0.1, 0.15) is 0 Å². The van der Waals surface area contributed by atoms with Crippen LogP contribution in [0.15, 0.2) is 0 Å². The number of aliphatic hydroxyl groups excluding tert-OH is 1. The van der Waals surface area contributed by atoms with Gasteiger partial charge in [0, 0.05) is 6.61 Å². The minimum absolute atomic E-state index is 0.185. The normalized spacial score (nSPS) is 17.8. The number of rotatable bonds is 8. The summed E-state index contributed by atoms with van der Waals surface area (Å²) in [5.74, 6) is 0.393. The molecule has 0 bridgehead atoms. The fourth-order valence-corrected chi connectivity index (χ4v) is 2.26. The van der Waals surface area contributed by atoms with Crippen molar-refractivity contribution < 1.29 is 10.2 Å². The Morgan fingerprint density at radius 2 is 1.86 bits per heavy atom. The van der Waals surface area contributed by atoms with Gasteiger partial charge >= 0.3 is 0 Å². The van der Waals surface area contributed by atoms with Crippen molar-refractivity contribution in [3.8, 4) is 0 Å². The maximum Gasteiger partial charge on any atom is 0.0674 e. The molecule has 2 heteroatoms. The number of hydrogen-bond acceptors (Lipinski definition) is 2. The van der Waals surface area contributed by atoms with Crippen molar-refractivity contribution in [2.75, 3.05) is 6.61 Å². The molecule has 0 rings (SSSR count). The molecular weight excluding hydrogens is 176 g/mol. The molecule has 0 spiro atoms. The molecule has 14 heavy (non-hydrogen) atoms. The maximum absolute atomic E-state index is 10.4. The van der Waals surface area contributed by atoms with E-state index in [2.05, 4.69) is 13.8 Å². The zero-order valence-electron chi connectivity index (χ0n) is 9.92. The minimum Gasteiger partial charge on any atom is -0.396 e. The first-order chi connectivity index (χ1) is 6.64. The van der Waals surface area contributed by atoms with E-state index in [1.165, 1.54) is 0 Å². The van der Waals surface area contributed by atoms with Crippen LogP contribution < -0.4 is 0 Å². The van der Waals surface area contributed by atoms with Gasteiger partial charge in [-0.2, -0.15) is 0 Å². The fraction of sp³-hybridized carbons (Fsp3) is 1.00. The molecule has 0 aliphatic heterocycles. The van der Waals surface area contributed by atoms with Gasteiger partial charge < -0.3 is 10.2 Å². The molecule has 0 radical (unpaired) electrons. The molecule has 2 unspecified atom stereocenters. The second-order valence-corrected chi connectivity index (χ2v) is 4.18. The summed E-state index contributed by atoms with van der Waals surface area (Å²) in [6, 6.07) is 0. The quantitative estimate of drug-likeness (QED) is 0.635. The van der Waals surface area contributed by atoms with Crippen LogP contribution in [0.25, 0.3) is 0 Å². The van der Waals surface area contributed by atoms with Gasteiger partial charge in [-0.1, -0.05) is 33.6 Å². The fourth-order valence-electron chi connectivity index (χ4n) is 2.26. The van der Waals surface area contributed by atoms with Gasteiger partial charge in [-0.15, -0.1) is 0 Å². The Bertz CT molecular complexity index is 136. The molecule has 0 aliphatic rings. The van der Waals surface area contributed by atoms with Crippen LogP contribution in [0.1, 0.15) is 59.3 Å². The van der Waals surface area contributed by atoms with Crippen molar-refractivity contribution >= 4 is 0 Å². The lowest BCUT2D eigenvalue weighted by molar-refractivity contribution is -0.0390. The SMILES string of the molecule is CCCC(CC)C(O)(CC)CCCO. The van der Waals surface area contributed by atoms with E-state index in [4.69, 9.17) is 5.11 Å². The van der Waals surface area contributed by atoms with Crippen molar-refractivity contribution in [1.82, 2.24) is 0 Å². The Labute approximate surface area is 88.3 Å². The van der Waals surface area contributed by atoms with Crippen LogP contribution >= 0.6 is 0 Å². The van der Waals surface area contributed by atoms with Gasteiger partial charge in [0.2, 0.25) is 0 Å². The zero-order chi connectivity index (χ0) is 11.0. The topological polar surface area (TPSA) is 40.5 Å². The largest absolute Gasteiger partial charge is 0.396 e. The molecule has 0 aromatic heterocycles. The highest BCUT2D eigenvalue weighted by molar-refractivity contribution is 4.84. The number of aliphatic hydroxyl groups is 2. The second kappa shape index (κ2) is 7.24. The lowest BCUT2D eigenvalue weighted by Gasteiger charge is -2.35. The van der Waals surface area contributed by atoms with E-state index in [1.807, 2.05) is 6.92 Å². The van der Waals surface area contributed by atoms with Gasteiger partial charge in [0.05, 0.1) is 5.60 Å². The van der Waals surface area contributed by atoms with Crippen LogP contribution in [0.5, 0.6) is 0 Å². The molecule has 0 aliphatic carbocycles. The zero-order valence-corrected chi connectivity index (χ0v) is 9.92. The van der Waals surface area contributed by atoms with Gasteiger partial charge in [0.15, 0.2) is 0 Å². The summed E-state index contributed by atoms with van der Waals surface area (Å²) >= 11 is 0. The summed E-state index contributed by atoms with van der Waals surface area (Å²) in [4.78, 5) is 0. The van der Waals surface area contributed by atoms with Gasteiger partial charge in [-0.3, -0.25) is 0 Å². The van der Waals surface area contributed by atoms with E-state index in [0.29, 0.717) is 12.3 Å². The van der Waals surface area contributed by atoms with E-state index in [1.54, 1.807) is 0 Å². The predicted octanol–water partition coefficient (Wildman–Crippen LogP) is 2.73. The number of hydrogen-bond donors (Lipinski definition) is 2. The monoisotopic (exact) mass is 202 g/mol. The lowest BCUT2D eigenvalue weighted by Crippen LogP contribution is -2.37. The van der Waals surface area contributed by atoms with Crippen molar-refractivity contribution in [2.24, 2.45) is 5.92 Å². The van der Waals surface area contributed by atoms with Gasteiger partial charge in [-0.05, 0) is 31.6 Å². The van der Waals surface area contributed by atoms with Crippen LogP contribution in [-0.4, -0.2) is 22.4 Å². The molecule has 0 aromatic rings. The van der Waals surface area contributed by atoms with Gasteiger partial charge in [-0.25, -0.2) is 0 Å². The molecule has 2 N–H and O–H groups in total. The van der Waals surface area contributed by atoms with E-state index in [0.717, 1.165) is 32.1 Å². The van der Waals surface area contributed by atoms with Crippen molar-refractivity contribution in [3.05, 3.63) is 0 Å². The molecule has 0 saturated carbocycles. The highest BCUT2D eigenvalue weighted by Gasteiger charge is 2.32. The Morgan fingerprint density at radius 3 is 2.21 bits per heavy atom. The molecule has 2 atom stereocenters. The Morgan fingerprint density at radius 1 is 1.21 bits per heavy atom. The van der Waals surface area contributed by atoms with Crippen LogP contribution in [0.3, 0.4) is 0 Å². The first-order valence-corrected chi connectivity index (χ1v) is 5.97. The Balaban J connectivity index is 4.28. The summed E-state index contributed by atoms with van der Waals surface area (Å²) in [5.41, 5.74) is -0.548. The Kier molecular flexibility index (Phi) is 7.20. The third-order valence-electron chi connectivity index (χ3n) is 3.27. The molecule has 0 fully saturated rings. The third-order valence-corrected chi connectivity index (χ3v) is 3.27. The van der Waals surface area contributed by atoms with E-state index in [9.17, 15) is 5.11 Å². The van der Waals surface area contributed by atoms with Crippen LogP contribution in [-0.2, 0) is 0 Å². The standard InChI is InChI=1S/C12H26O2/c1-4-8-11(5-2)12(14,6-3)9-7-10-13/h11,13-14H,4-10H2,1-3H3. The lowest BCUT2D eigenvalue weighted by atomic mass is 9.77. The summed E-state index contributed by atoms with van der Waals surface area (Å²) in [6.45, 7) is 6.52. The van der Waals surface area contributed by atoms with E-state index < -0.39 is 5.60 Å². The highest BCUT2D eigenvalue weighted by Crippen LogP contribution is 2.32. The summed E-state index contributed by atoms with van der Waals surface area (Å²) in [6.07, 6.45) is 5.49. The minimum atomic E-state index is -0.548. The summed E-state index contributed by atoms with van der Waals surface area (Å²) in [5, 5.41) is 19.2. The van der Waals surface area contributed by atoms with Crippen LogP contribution in [0, 0.1) is 5.92 Å². The molecule has 2 nitrogen and oxygen atoms in total. The molecule has 0 heterocycles. The smallest absolute Gasteiger partial charge is 0.0674 e. The first-order valence-electron chi connectivity index (χ1n) is 5.97. The summed E-state index contributed by atoms with van der Waals surface area (Å²) < 4.78 is 0. The highest BCUT2D eigenvalue weighted by atomic mass is 16.3. The molecular formula is C12H26O2. The first kappa shape index (κ1) is 13.9. The second-order valence-electron chi connectivity index (χ2n) is 4.18. The van der Waals surface area contributed by atoms with E-state index in [-0.39, 0.29) is 6.61 Å². The average molecular weight is 202 g/mol. The molecule has 86 valence electrons. The molecule has 0 aromatic carbocycles. The van der Waals surface area contributed by atoms with Crippen molar-refractivity contribution in [3.63, 3.8) is 0 Å². The van der Waals surface area contributed by atoms with Gasteiger partial charge in [0.25, 0.3) is 0 Å². The average Bonchev–Trinajstić information content (AvgIpc) is 2.22. The van der Waals surface area contributed by atoms with E-state index >= 15 is 0 Å². The van der Waals surface area contributed by atoms with Crippen molar-refractivity contribution in [1.29, 1.82) is 0 Å².